The van der Waals surface area contributed by atoms with Gasteiger partial charge < -0.3 is 76.5 Å². The van der Waals surface area contributed by atoms with Crippen molar-refractivity contribution < 1.29 is 97.4 Å². The second-order valence-electron chi connectivity index (χ2n) is 20.7. The van der Waals surface area contributed by atoms with Crippen LogP contribution in [0.5, 0.6) is 5.75 Å². The van der Waals surface area contributed by atoms with Crippen LogP contribution in [-0.2, 0) is 87.3 Å². The van der Waals surface area contributed by atoms with Crippen molar-refractivity contribution >= 4 is 43.2 Å². The lowest BCUT2D eigenvalue weighted by Gasteiger charge is -2.34. The molecule has 2 aromatic carbocycles. The molecule has 2 aliphatic rings. The number of ether oxygens (including phenoxy) is 13. The number of aliphatic carboxylic acids is 1. The third-order valence-corrected chi connectivity index (χ3v) is 15.0. The van der Waals surface area contributed by atoms with E-state index in [1.165, 1.54) is 12.1 Å². The first-order valence-corrected chi connectivity index (χ1v) is 31.3. The SMILES string of the molecule is COCCOCCOCCOCCOCCOCCN(CCOCCOCCOCCOCCOCCOC)c1ccc2c(c1)OC(C(C)(C)C)C=C2/C=C/C=C1\N(CCCS(=O)(=O)O)c2ccc(S(=O)(=O)O)cc2C1(C)CCCC(=O)O. The number of rotatable bonds is 48. The summed E-state index contributed by atoms with van der Waals surface area (Å²) in [6.07, 6.45) is 7.76. The largest absolute Gasteiger partial charge is 0.485 e. The van der Waals surface area contributed by atoms with Gasteiger partial charge in [0.1, 0.15) is 11.9 Å². The molecule has 2 aliphatic heterocycles. The van der Waals surface area contributed by atoms with Gasteiger partial charge in [-0.15, -0.1) is 0 Å². The topological polar surface area (TPSA) is 273 Å². The lowest BCUT2D eigenvalue weighted by atomic mass is 9.77. The Morgan fingerprint density at radius 3 is 1.57 bits per heavy atom. The molecule has 2 unspecified atom stereocenters. The molecule has 0 saturated heterocycles. The normalized spacial score (nSPS) is 16.9. The third kappa shape index (κ3) is 27.4. The zero-order valence-corrected chi connectivity index (χ0v) is 51.1. The van der Waals surface area contributed by atoms with Gasteiger partial charge in [0.15, 0.2) is 0 Å². The molecular weight excluding hydrogens is 1120 g/mol. The minimum absolute atomic E-state index is 0.0248. The number of allylic oxidation sites excluding steroid dienone is 5. The highest BCUT2D eigenvalue weighted by molar-refractivity contribution is 7.86. The summed E-state index contributed by atoms with van der Waals surface area (Å²) in [5.74, 6) is -0.861. The van der Waals surface area contributed by atoms with Gasteiger partial charge in [-0.25, -0.2) is 0 Å². The molecule has 25 heteroatoms. The summed E-state index contributed by atoms with van der Waals surface area (Å²) in [7, 11) is -5.68. The fourth-order valence-corrected chi connectivity index (χ4v) is 9.94. The fourth-order valence-electron chi connectivity index (χ4n) is 8.94. The summed E-state index contributed by atoms with van der Waals surface area (Å²) < 4.78 is 141. The number of nitrogens with zero attached hydrogens (tertiary/aromatic N) is 2. The molecule has 0 amide bonds. The number of carbonyl (C=O) groups is 1. The Bertz CT molecular complexity index is 2470. The molecular formula is C58H92N2O21S2. The van der Waals surface area contributed by atoms with Crippen LogP contribution in [0.3, 0.4) is 0 Å². The molecule has 3 N–H and O–H groups in total. The second kappa shape index (κ2) is 38.8. The Balaban J connectivity index is 1.47. The highest BCUT2D eigenvalue weighted by atomic mass is 32.2. The zero-order valence-electron chi connectivity index (χ0n) is 49.5. The molecule has 2 heterocycles. The maximum atomic E-state index is 12.4. The molecule has 0 fully saturated rings. The molecule has 0 saturated carbocycles. The van der Waals surface area contributed by atoms with Gasteiger partial charge in [0, 0.05) is 79.8 Å². The Kier molecular flexibility index (Phi) is 33.4. The van der Waals surface area contributed by atoms with E-state index in [0.717, 1.165) is 16.8 Å². The molecule has 4 rings (SSSR count). The summed E-state index contributed by atoms with van der Waals surface area (Å²) >= 11 is 0. The van der Waals surface area contributed by atoms with Crippen LogP contribution in [0.1, 0.15) is 64.5 Å². The molecule has 472 valence electrons. The Morgan fingerprint density at radius 1 is 0.663 bits per heavy atom. The summed E-state index contributed by atoms with van der Waals surface area (Å²) in [6.45, 7) is 19.3. The number of carboxylic acids is 1. The second-order valence-corrected chi connectivity index (χ2v) is 23.7. The first-order chi connectivity index (χ1) is 39.8. The summed E-state index contributed by atoms with van der Waals surface area (Å²) in [5, 5.41) is 9.60. The van der Waals surface area contributed by atoms with Crippen molar-refractivity contribution in [2.75, 3.05) is 195 Å². The van der Waals surface area contributed by atoms with Crippen LogP contribution in [0.4, 0.5) is 11.4 Å². The Hall–Kier alpha value is -4.13. The fraction of sp³-hybridized carbons (Fsp3) is 0.672. The van der Waals surface area contributed by atoms with E-state index in [9.17, 15) is 35.8 Å². The van der Waals surface area contributed by atoms with E-state index in [2.05, 4.69) is 31.7 Å². The number of hydrogen-bond donors (Lipinski definition) is 3. The Morgan fingerprint density at radius 2 is 1.13 bits per heavy atom. The maximum Gasteiger partial charge on any atom is 0.303 e. The van der Waals surface area contributed by atoms with Gasteiger partial charge in [-0.3, -0.25) is 13.9 Å². The summed E-state index contributed by atoms with van der Waals surface area (Å²) in [5.41, 5.74) is 3.00. The van der Waals surface area contributed by atoms with Gasteiger partial charge in [0.2, 0.25) is 0 Å². The van der Waals surface area contributed by atoms with Crippen molar-refractivity contribution in [3.8, 4) is 5.75 Å². The van der Waals surface area contributed by atoms with E-state index in [-0.39, 0.29) is 48.6 Å². The molecule has 0 aromatic heterocycles. The molecule has 83 heavy (non-hydrogen) atoms. The lowest BCUT2D eigenvalue weighted by Crippen LogP contribution is -2.33. The zero-order chi connectivity index (χ0) is 60.4. The first-order valence-electron chi connectivity index (χ1n) is 28.3. The van der Waals surface area contributed by atoms with Crippen LogP contribution >= 0.6 is 0 Å². The van der Waals surface area contributed by atoms with E-state index in [1.807, 2.05) is 48.3 Å². The van der Waals surface area contributed by atoms with Gasteiger partial charge >= 0.3 is 5.97 Å². The number of fused-ring (bicyclic) bond motifs is 2. The van der Waals surface area contributed by atoms with Gasteiger partial charge in [-0.05, 0) is 79.8 Å². The number of anilines is 2. The highest BCUT2D eigenvalue weighted by Crippen LogP contribution is 2.51. The van der Waals surface area contributed by atoms with E-state index in [4.69, 9.17) is 61.6 Å². The standard InChI is InChI=1S/C58H92N2O21S2/c1-57(2,3)55-44-47(10-7-11-54-58(4,17-8-12-56(61)62)51-46-49(83(66,67)68)14-16-52(51)60(54)18-9-43-82(63,64)65)50-15-13-48(45-53(50)81-55)59(19-21-71-27-29-75-35-37-79-41-39-77-33-31-73-25-23-69-5)20-22-72-28-30-76-36-38-80-42-40-78-34-32-74-26-24-70-6/h7,10-11,13-16,44-46,55H,8-9,12,17-43H2,1-6H3,(H,61,62)(H,63,64,65)(H,66,67,68)/b10-7+,54-11-. The van der Waals surface area contributed by atoms with Crippen LogP contribution in [0, 0.1) is 5.41 Å². The van der Waals surface area contributed by atoms with Crippen molar-refractivity contribution in [1.29, 1.82) is 0 Å². The maximum absolute atomic E-state index is 12.4. The van der Waals surface area contributed by atoms with Gasteiger partial charge in [-0.1, -0.05) is 32.9 Å². The predicted molar refractivity (Wildman–Crippen MR) is 313 cm³/mol. The van der Waals surface area contributed by atoms with Crippen LogP contribution < -0.4 is 14.5 Å². The minimum Gasteiger partial charge on any atom is -0.485 e. The van der Waals surface area contributed by atoms with Crippen molar-refractivity contribution in [2.24, 2.45) is 5.41 Å². The van der Waals surface area contributed by atoms with Gasteiger partial charge in [0.25, 0.3) is 20.2 Å². The van der Waals surface area contributed by atoms with Crippen LogP contribution in [0.2, 0.25) is 0 Å². The van der Waals surface area contributed by atoms with Crippen molar-refractivity contribution in [2.45, 2.75) is 69.8 Å². The van der Waals surface area contributed by atoms with Crippen molar-refractivity contribution in [3.05, 3.63) is 77.5 Å². The molecule has 23 nitrogen and oxygen atoms in total. The van der Waals surface area contributed by atoms with E-state index >= 15 is 0 Å². The third-order valence-electron chi connectivity index (χ3n) is 13.3. The quantitative estimate of drug-likeness (QED) is 0.0496. The molecule has 0 spiro atoms. The number of carboxylic acid groups (broad SMARTS) is 1. The summed E-state index contributed by atoms with van der Waals surface area (Å²) in [4.78, 5) is 15.4. The Labute approximate surface area is 491 Å². The van der Waals surface area contributed by atoms with Crippen molar-refractivity contribution in [1.82, 2.24) is 0 Å². The van der Waals surface area contributed by atoms with Crippen LogP contribution in [-0.4, -0.2) is 228 Å². The smallest absolute Gasteiger partial charge is 0.303 e. The number of benzene rings is 2. The monoisotopic (exact) mass is 1220 g/mol. The molecule has 0 radical (unpaired) electrons. The lowest BCUT2D eigenvalue weighted by molar-refractivity contribution is -0.137. The van der Waals surface area contributed by atoms with Gasteiger partial charge in [0.05, 0.1) is 156 Å². The van der Waals surface area contributed by atoms with Crippen LogP contribution in [0.25, 0.3) is 5.57 Å². The molecule has 0 aliphatic carbocycles. The van der Waals surface area contributed by atoms with E-state index in [0.29, 0.717) is 181 Å². The van der Waals surface area contributed by atoms with Crippen LogP contribution in [0.15, 0.2) is 71.3 Å². The average molecular weight is 1220 g/mol. The van der Waals surface area contributed by atoms with Gasteiger partial charge in [-0.2, -0.15) is 16.8 Å². The highest BCUT2D eigenvalue weighted by Gasteiger charge is 2.44. The van der Waals surface area contributed by atoms with Crippen molar-refractivity contribution in [3.63, 3.8) is 0 Å². The molecule has 0 bridgehead atoms. The average Bonchev–Trinajstić information content (AvgIpc) is 1.99. The molecule has 2 atom stereocenters. The van der Waals surface area contributed by atoms with E-state index in [1.54, 1.807) is 20.3 Å². The summed E-state index contributed by atoms with van der Waals surface area (Å²) in [6, 6.07) is 10.2. The van der Waals surface area contributed by atoms with E-state index < -0.39 is 37.4 Å². The number of methoxy groups -OCH3 is 2. The molecule has 2 aromatic rings. The predicted octanol–water partition coefficient (Wildman–Crippen LogP) is 6.14. The first kappa shape index (κ1) is 71.4. The minimum atomic E-state index is -4.62. The number of hydrogen-bond acceptors (Lipinski definition) is 20.